The zero-order valence-electron chi connectivity index (χ0n) is 50.3. The highest BCUT2D eigenvalue weighted by Gasteiger charge is 2.19. The molecular weight excluding hydrogens is 937 g/mol. The maximum absolute atomic E-state index is 12.9. The lowest BCUT2D eigenvalue weighted by Gasteiger charge is -2.18. The van der Waals surface area contributed by atoms with Gasteiger partial charge in [0.05, 0.1) is 0 Å². The lowest BCUT2D eigenvalue weighted by Crippen LogP contribution is -2.30. The lowest BCUT2D eigenvalue weighted by molar-refractivity contribution is -0.167. The largest absolute Gasteiger partial charge is 0.462 e. The average molecular weight is 1060 g/mol. The molecule has 0 aromatic heterocycles. The highest BCUT2D eigenvalue weighted by molar-refractivity contribution is 5.71. The predicted octanol–water partition coefficient (Wildman–Crippen LogP) is 22.3. The molecule has 0 aliphatic heterocycles. The van der Waals surface area contributed by atoms with E-state index in [0.717, 1.165) is 103 Å². The Labute approximate surface area is 471 Å². The molecule has 6 heteroatoms. The maximum atomic E-state index is 12.9. The minimum atomic E-state index is -0.790. The van der Waals surface area contributed by atoms with Gasteiger partial charge in [-0.3, -0.25) is 14.4 Å². The van der Waals surface area contributed by atoms with Gasteiger partial charge in [-0.1, -0.05) is 266 Å². The number of esters is 3. The fourth-order valence-corrected chi connectivity index (χ4v) is 9.16. The predicted molar refractivity (Wildman–Crippen MR) is 330 cm³/mol. The highest BCUT2D eigenvalue weighted by atomic mass is 16.6. The van der Waals surface area contributed by atoms with Gasteiger partial charge in [0.2, 0.25) is 0 Å². The molecule has 0 saturated carbocycles. The fraction of sp³-hybridized carbons (Fsp3) is 0.757. The lowest BCUT2D eigenvalue weighted by atomic mass is 10.1. The Morgan fingerprint density at radius 1 is 0.263 bits per heavy atom. The Balaban J connectivity index is 4.36. The van der Waals surface area contributed by atoms with Crippen molar-refractivity contribution < 1.29 is 28.6 Å². The van der Waals surface area contributed by atoms with Gasteiger partial charge in [-0.05, 0) is 122 Å². The molecule has 76 heavy (non-hydrogen) atoms. The molecule has 0 rings (SSSR count). The van der Waals surface area contributed by atoms with Crippen molar-refractivity contribution in [2.45, 2.75) is 329 Å². The first-order valence-electron chi connectivity index (χ1n) is 32.6. The molecule has 0 saturated heterocycles. The van der Waals surface area contributed by atoms with E-state index in [1.54, 1.807) is 0 Å². The third-order valence-electron chi connectivity index (χ3n) is 14.1. The van der Waals surface area contributed by atoms with E-state index in [4.69, 9.17) is 14.2 Å². The molecule has 0 aliphatic rings. The van der Waals surface area contributed by atoms with Gasteiger partial charge >= 0.3 is 17.9 Å². The average Bonchev–Trinajstić information content (AvgIpc) is 3.42. The van der Waals surface area contributed by atoms with E-state index < -0.39 is 6.10 Å². The summed E-state index contributed by atoms with van der Waals surface area (Å²) in [5.41, 5.74) is 0. The van der Waals surface area contributed by atoms with Gasteiger partial charge in [-0.15, -0.1) is 0 Å². The second-order valence-electron chi connectivity index (χ2n) is 21.7. The molecule has 0 aromatic carbocycles. The summed E-state index contributed by atoms with van der Waals surface area (Å²) in [6, 6.07) is 0. The van der Waals surface area contributed by atoms with E-state index >= 15 is 0 Å². The fourth-order valence-electron chi connectivity index (χ4n) is 9.16. The Morgan fingerprint density at radius 3 is 0.776 bits per heavy atom. The summed E-state index contributed by atoms with van der Waals surface area (Å²) < 4.78 is 16.9. The molecule has 0 amide bonds. The molecule has 1 unspecified atom stereocenters. The molecule has 0 N–H and O–H groups in total. The Kier molecular flexibility index (Phi) is 61.2. The van der Waals surface area contributed by atoms with Crippen LogP contribution in [0.25, 0.3) is 0 Å². The van der Waals surface area contributed by atoms with Crippen molar-refractivity contribution in [1.29, 1.82) is 0 Å². The van der Waals surface area contributed by atoms with Crippen LogP contribution in [0.5, 0.6) is 0 Å². The van der Waals surface area contributed by atoms with Crippen LogP contribution in [-0.4, -0.2) is 37.2 Å². The third-order valence-corrected chi connectivity index (χ3v) is 14.1. The normalized spacial score (nSPS) is 12.6. The summed E-state index contributed by atoms with van der Waals surface area (Å²) in [6.07, 6.45) is 84.4. The van der Waals surface area contributed by atoms with Crippen molar-refractivity contribution in [3.8, 4) is 0 Å². The van der Waals surface area contributed by atoms with E-state index in [1.165, 1.54) is 180 Å². The van der Waals surface area contributed by atoms with Crippen LogP contribution in [0.15, 0.2) is 85.1 Å². The number of carbonyl (C=O) groups is 3. The number of ether oxygens (including phenoxy) is 3. The second kappa shape index (κ2) is 64.1. The Bertz CT molecular complexity index is 1450. The molecule has 0 radical (unpaired) electrons. The standard InChI is InChI=1S/C70H122O6/c1-4-7-10-13-16-19-22-25-28-31-32-33-34-35-36-37-38-40-42-45-48-51-54-57-60-63-69(72)75-66-67(65-74-68(71)62-59-56-53-50-47-44-41-30-27-24-21-18-15-12-9-6-3)76-70(73)64-61-58-55-52-49-46-43-39-29-26-23-20-17-14-11-8-5-2/h17,20-22,24-26,29-32,34-35,41,67H,4-16,18-19,23,27-28,33,36-40,42-66H2,1-3H3/b20-17-,24-21-,25-22-,29-26-,32-31-,35-34-,41-30-. The molecule has 6 nitrogen and oxygen atoms in total. The highest BCUT2D eigenvalue weighted by Crippen LogP contribution is 2.16. The van der Waals surface area contributed by atoms with Gasteiger partial charge in [0.1, 0.15) is 13.2 Å². The molecule has 0 spiro atoms. The van der Waals surface area contributed by atoms with E-state index in [2.05, 4.69) is 106 Å². The van der Waals surface area contributed by atoms with Gasteiger partial charge in [0, 0.05) is 19.3 Å². The molecule has 438 valence electrons. The number of rotatable bonds is 59. The molecule has 0 bridgehead atoms. The number of hydrogen-bond acceptors (Lipinski definition) is 6. The van der Waals surface area contributed by atoms with Crippen LogP contribution in [0.3, 0.4) is 0 Å². The molecule has 1 atom stereocenters. The second-order valence-corrected chi connectivity index (χ2v) is 21.7. The molecule has 0 aromatic rings. The van der Waals surface area contributed by atoms with E-state index in [9.17, 15) is 14.4 Å². The Hall–Kier alpha value is -3.41. The van der Waals surface area contributed by atoms with Crippen LogP contribution in [0.4, 0.5) is 0 Å². The van der Waals surface area contributed by atoms with Crippen LogP contribution >= 0.6 is 0 Å². The van der Waals surface area contributed by atoms with Crippen LogP contribution in [-0.2, 0) is 28.6 Å². The molecule has 0 heterocycles. The smallest absolute Gasteiger partial charge is 0.306 e. The molecule has 0 aliphatic carbocycles. The summed E-state index contributed by atoms with van der Waals surface area (Å²) in [4.78, 5) is 38.3. The van der Waals surface area contributed by atoms with Gasteiger partial charge in [-0.25, -0.2) is 0 Å². The number of allylic oxidation sites excluding steroid dienone is 14. The van der Waals surface area contributed by atoms with Crippen molar-refractivity contribution in [3.05, 3.63) is 85.1 Å². The van der Waals surface area contributed by atoms with Crippen molar-refractivity contribution in [1.82, 2.24) is 0 Å². The van der Waals surface area contributed by atoms with Crippen molar-refractivity contribution in [3.63, 3.8) is 0 Å². The molecular formula is C70H122O6. The maximum Gasteiger partial charge on any atom is 0.306 e. The first kappa shape index (κ1) is 72.6. The van der Waals surface area contributed by atoms with Crippen LogP contribution in [0.1, 0.15) is 323 Å². The summed E-state index contributed by atoms with van der Waals surface area (Å²) in [7, 11) is 0. The van der Waals surface area contributed by atoms with Crippen LogP contribution < -0.4 is 0 Å². The minimum absolute atomic E-state index is 0.0857. The Morgan fingerprint density at radius 2 is 0.474 bits per heavy atom. The SMILES string of the molecule is CCCCC/C=C\C/C=C\CCCCCCCCCC(=O)OC(COC(=O)CCCCCCC/C=C\C/C=C\CCCCCC)COC(=O)CCCCCCCCCCCC/C=C\C/C=C\C/C=C\CCCCCCC. The summed E-state index contributed by atoms with van der Waals surface area (Å²) in [5, 5.41) is 0. The van der Waals surface area contributed by atoms with Gasteiger partial charge in [0.15, 0.2) is 6.10 Å². The van der Waals surface area contributed by atoms with Crippen LogP contribution in [0, 0.1) is 0 Å². The van der Waals surface area contributed by atoms with Crippen molar-refractivity contribution >= 4 is 17.9 Å². The quantitative estimate of drug-likeness (QED) is 0.0261. The number of carbonyl (C=O) groups excluding carboxylic acids is 3. The number of unbranched alkanes of at least 4 members (excludes halogenated alkanes) is 34. The first-order valence-corrected chi connectivity index (χ1v) is 32.6. The van der Waals surface area contributed by atoms with Crippen molar-refractivity contribution in [2.75, 3.05) is 13.2 Å². The van der Waals surface area contributed by atoms with Crippen LogP contribution in [0.2, 0.25) is 0 Å². The summed E-state index contributed by atoms with van der Waals surface area (Å²) in [5.74, 6) is -0.899. The molecule has 0 fully saturated rings. The van der Waals surface area contributed by atoms with Crippen molar-refractivity contribution in [2.24, 2.45) is 0 Å². The van der Waals surface area contributed by atoms with E-state index in [0.29, 0.717) is 19.3 Å². The number of hydrogen-bond donors (Lipinski definition) is 0. The van der Waals surface area contributed by atoms with Gasteiger partial charge < -0.3 is 14.2 Å². The minimum Gasteiger partial charge on any atom is -0.462 e. The summed E-state index contributed by atoms with van der Waals surface area (Å²) >= 11 is 0. The topological polar surface area (TPSA) is 78.9 Å². The monoisotopic (exact) mass is 1060 g/mol. The van der Waals surface area contributed by atoms with E-state index in [-0.39, 0.29) is 31.1 Å². The third kappa shape index (κ3) is 61.4. The van der Waals surface area contributed by atoms with Gasteiger partial charge in [0.25, 0.3) is 0 Å². The summed E-state index contributed by atoms with van der Waals surface area (Å²) in [6.45, 7) is 6.59. The zero-order chi connectivity index (χ0) is 55.0. The first-order chi connectivity index (χ1) is 37.5. The van der Waals surface area contributed by atoms with Gasteiger partial charge in [-0.2, -0.15) is 0 Å². The van der Waals surface area contributed by atoms with E-state index in [1.807, 2.05) is 0 Å². The zero-order valence-corrected chi connectivity index (χ0v) is 50.3.